The van der Waals surface area contributed by atoms with E-state index in [0.29, 0.717) is 17.8 Å². The molecule has 1 aromatic heterocycles. The van der Waals surface area contributed by atoms with Crippen LogP contribution in [0.4, 0.5) is 0 Å². The van der Waals surface area contributed by atoms with Crippen LogP contribution in [0.25, 0.3) is 0 Å². The van der Waals surface area contributed by atoms with E-state index in [-0.39, 0.29) is 0 Å². The first-order chi connectivity index (χ1) is 9.99. The minimum absolute atomic E-state index is 0.388. The number of benzene rings is 1. The fourth-order valence-corrected chi connectivity index (χ4v) is 1.92. The van der Waals surface area contributed by atoms with Gasteiger partial charge in [0, 0.05) is 5.69 Å². The summed E-state index contributed by atoms with van der Waals surface area (Å²) < 4.78 is 1.72. The number of aliphatic carboxylic acids is 1. The molecule has 1 heterocycles. The highest BCUT2D eigenvalue weighted by Crippen LogP contribution is 2.10. The quantitative estimate of drug-likeness (QED) is 0.871. The molecule has 2 rings (SSSR count). The van der Waals surface area contributed by atoms with E-state index in [1.807, 2.05) is 30.3 Å². The Balaban J connectivity index is 2.13. The molecular weight excluding hydrogens is 270 g/mol. The molecule has 0 radical (unpaired) electrons. The van der Waals surface area contributed by atoms with Crippen LogP contribution in [0.2, 0.25) is 0 Å². The molecule has 0 saturated heterocycles. The molecular formula is C15H17N3O3. The Morgan fingerprint density at radius 1 is 1.33 bits per heavy atom. The zero-order valence-electron chi connectivity index (χ0n) is 11.9. The summed E-state index contributed by atoms with van der Waals surface area (Å²) in [5.41, 5.74) is 2.17. The summed E-state index contributed by atoms with van der Waals surface area (Å²) in [4.78, 5) is 22.8. The summed E-state index contributed by atoms with van der Waals surface area (Å²) in [6, 6.07) is 8.84. The smallest absolute Gasteiger partial charge is 0.325 e. The molecule has 6 nitrogen and oxygen atoms in total. The summed E-state index contributed by atoms with van der Waals surface area (Å²) in [6.07, 6.45) is 1.46. The monoisotopic (exact) mass is 287 g/mol. The summed E-state index contributed by atoms with van der Waals surface area (Å²) in [5.74, 6) is -1.50. The highest BCUT2D eigenvalue weighted by Gasteiger charge is 2.19. The fourth-order valence-electron chi connectivity index (χ4n) is 1.92. The Labute approximate surface area is 122 Å². The van der Waals surface area contributed by atoms with Gasteiger partial charge in [-0.2, -0.15) is 5.10 Å². The minimum Gasteiger partial charge on any atom is -0.480 e. The third-order valence-corrected chi connectivity index (χ3v) is 3.24. The van der Waals surface area contributed by atoms with Crippen molar-refractivity contribution >= 4 is 11.9 Å². The van der Waals surface area contributed by atoms with E-state index in [4.69, 9.17) is 5.11 Å². The van der Waals surface area contributed by atoms with Gasteiger partial charge in [0.05, 0.1) is 18.3 Å². The van der Waals surface area contributed by atoms with Gasteiger partial charge < -0.3 is 10.4 Å². The standard InChI is InChI=1S/C15H17N3O3/c1-10(15(20)21)17-14(19)13-8-16-18(11(13)2)9-12-6-4-3-5-7-12/h3-8,10H,9H2,1-2H3,(H,17,19)(H,20,21)/t10-/m1/s1. The number of carboxylic acids is 1. The van der Waals surface area contributed by atoms with E-state index in [2.05, 4.69) is 10.4 Å². The number of hydrogen-bond donors (Lipinski definition) is 2. The van der Waals surface area contributed by atoms with Crippen molar-refractivity contribution in [1.29, 1.82) is 0 Å². The van der Waals surface area contributed by atoms with E-state index in [9.17, 15) is 9.59 Å². The number of aromatic nitrogens is 2. The number of nitrogens with zero attached hydrogens (tertiary/aromatic N) is 2. The second kappa shape index (κ2) is 6.21. The largest absolute Gasteiger partial charge is 0.480 e. The molecule has 0 saturated carbocycles. The lowest BCUT2D eigenvalue weighted by Crippen LogP contribution is -2.38. The number of carboxylic acid groups (broad SMARTS) is 1. The molecule has 2 N–H and O–H groups in total. The molecule has 0 spiro atoms. The van der Waals surface area contributed by atoms with Gasteiger partial charge in [0.2, 0.25) is 0 Å². The second-order valence-corrected chi connectivity index (χ2v) is 4.82. The van der Waals surface area contributed by atoms with Crippen molar-refractivity contribution in [2.75, 3.05) is 0 Å². The van der Waals surface area contributed by atoms with Crippen LogP contribution in [-0.2, 0) is 11.3 Å². The van der Waals surface area contributed by atoms with Crippen LogP contribution in [0.5, 0.6) is 0 Å². The SMILES string of the molecule is Cc1c(C(=O)N[C@H](C)C(=O)O)cnn1Cc1ccccc1. The summed E-state index contributed by atoms with van der Waals surface area (Å²) in [6.45, 7) is 3.77. The van der Waals surface area contributed by atoms with Gasteiger partial charge in [0.1, 0.15) is 6.04 Å². The van der Waals surface area contributed by atoms with Gasteiger partial charge in [0.25, 0.3) is 5.91 Å². The topological polar surface area (TPSA) is 84.2 Å². The van der Waals surface area contributed by atoms with Crippen molar-refractivity contribution in [3.05, 3.63) is 53.3 Å². The minimum atomic E-state index is -1.07. The third kappa shape index (κ3) is 3.47. The average molecular weight is 287 g/mol. The molecule has 0 aliphatic rings. The summed E-state index contributed by atoms with van der Waals surface area (Å²) in [7, 11) is 0. The Morgan fingerprint density at radius 3 is 2.62 bits per heavy atom. The summed E-state index contributed by atoms with van der Waals surface area (Å²) >= 11 is 0. The lowest BCUT2D eigenvalue weighted by Gasteiger charge is -2.09. The van der Waals surface area contributed by atoms with Crippen LogP contribution in [0.15, 0.2) is 36.5 Å². The van der Waals surface area contributed by atoms with Crippen molar-refractivity contribution in [2.45, 2.75) is 26.4 Å². The molecule has 0 aliphatic heterocycles. The predicted octanol–water partition coefficient (Wildman–Crippen LogP) is 1.44. The van der Waals surface area contributed by atoms with E-state index < -0.39 is 17.9 Å². The van der Waals surface area contributed by atoms with Gasteiger partial charge in [-0.3, -0.25) is 14.3 Å². The van der Waals surface area contributed by atoms with Gasteiger partial charge in [-0.05, 0) is 19.4 Å². The highest BCUT2D eigenvalue weighted by molar-refractivity contribution is 5.97. The van der Waals surface area contributed by atoms with Crippen LogP contribution in [0, 0.1) is 6.92 Å². The lowest BCUT2D eigenvalue weighted by molar-refractivity contribution is -0.138. The molecule has 0 unspecified atom stereocenters. The zero-order chi connectivity index (χ0) is 15.4. The van der Waals surface area contributed by atoms with Crippen LogP contribution in [0.1, 0.15) is 28.5 Å². The zero-order valence-corrected chi connectivity index (χ0v) is 11.9. The van der Waals surface area contributed by atoms with Gasteiger partial charge in [-0.15, -0.1) is 0 Å². The van der Waals surface area contributed by atoms with Crippen molar-refractivity contribution in [2.24, 2.45) is 0 Å². The van der Waals surface area contributed by atoms with Gasteiger partial charge in [0.15, 0.2) is 0 Å². The van der Waals surface area contributed by atoms with Crippen LogP contribution in [-0.4, -0.2) is 32.8 Å². The predicted molar refractivity (Wildman–Crippen MR) is 77.1 cm³/mol. The van der Waals surface area contributed by atoms with Crippen molar-refractivity contribution in [3.8, 4) is 0 Å². The van der Waals surface area contributed by atoms with Gasteiger partial charge in [-0.1, -0.05) is 30.3 Å². The number of rotatable bonds is 5. The van der Waals surface area contributed by atoms with E-state index in [0.717, 1.165) is 5.56 Å². The molecule has 0 aliphatic carbocycles. The van der Waals surface area contributed by atoms with E-state index in [1.165, 1.54) is 13.1 Å². The van der Waals surface area contributed by atoms with E-state index >= 15 is 0 Å². The number of nitrogens with one attached hydrogen (secondary N) is 1. The van der Waals surface area contributed by atoms with Crippen molar-refractivity contribution in [1.82, 2.24) is 15.1 Å². The highest BCUT2D eigenvalue weighted by atomic mass is 16.4. The first kappa shape index (κ1) is 14.8. The first-order valence-corrected chi connectivity index (χ1v) is 6.59. The van der Waals surface area contributed by atoms with Crippen LogP contribution < -0.4 is 5.32 Å². The van der Waals surface area contributed by atoms with Crippen molar-refractivity contribution < 1.29 is 14.7 Å². The maximum Gasteiger partial charge on any atom is 0.325 e. The normalized spacial score (nSPS) is 11.9. The molecule has 0 bridgehead atoms. The Morgan fingerprint density at radius 2 is 2.00 bits per heavy atom. The first-order valence-electron chi connectivity index (χ1n) is 6.59. The molecule has 0 fully saturated rings. The Kier molecular flexibility index (Phi) is 4.37. The number of amides is 1. The van der Waals surface area contributed by atoms with Gasteiger partial charge in [-0.25, -0.2) is 0 Å². The van der Waals surface area contributed by atoms with Crippen LogP contribution in [0.3, 0.4) is 0 Å². The molecule has 6 heteroatoms. The van der Waals surface area contributed by atoms with Crippen LogP contribution >= 0.6 is 0 Å². The van der Waals surface area contributed by atoms with Gasteiger partial charge >= 0.3 is 5.97 Å². The number of hydrogen-bond acceptors (Lipinski definition) is 3. The lowest BCUT2D eigenvalue weighted by atomic mass is 10.2. The second-order valence-electron chi connectivity index (χ2n) is 4.82. The maximum atomic E-state index is 12.0. The third-order valence-electron chi connectivity index (χ3n) is 3.24. The van der Waals surface area contributed by atoms with Crippen molar-refractivity contribution in [3.63, 3.8) is 0 Å². The fraction of sp³-hybridized carbons (Fsp3) is 0.267. The number of carbonyl (C=O) groups excluding carboxylic acids is 1. The van der Waals surface area contributed by atoms with E-state index in [1.54, 1.807) is 11.6 Å². The molecule has 1 atom stereocenters. The Hall–Kier alpha value is -2.63. The Bertz CT molecular complexity index is 649. The molecule has 21 heavy (non-hydrogen) atoms. The maximum absolute atomic E-state index is 12.0. The average Bonchev–Trinajstić information content (AvgIpc) is 2.81. The molecule has 110 valence electrons. The molecule has 1 aromatic carbocycles. The summed E-state index contributed by atoms with van der Waals surface area (Å²) in [5, 5.41) is 15.4. The molecule has 1 amide bonds. The molecule has 2 aromatic rings. The number of carbonyl (C=O) groups is 2.